The molecule has 0 radical (unpaired) electrons. The maximum absolute atomic E-state index is 14.3. The lowest BCUT2D eigenvalue weighted by Gasteiger charge is -2.45. The fourth-order valence-corrected chi connectivity index (χ4v) is 5.73. The summed E-state index contributed by atoms with van der Waals surface area (Å²) >= 11 is 0. The summed E-state index contributed by atoms with van der Waals surface area (Å²) < 4.78 is 42.6. The van der Waals surface area contributed by atoms with Gasteiger partial charge in [-0.3, -0.25) is 19.2 Å². The fourth-order valence-electron chi connectivity index (χ4n) is 5.73. The molecule has 12 heteroatoms. The van der Waals surface area contributed by atoms with E-state index in [0.717, 1.165) is 28.3 Å². The molecule has 222 valence electrons. The van der Waals surface area contributed by atoms with Gasteiger partial charge in [0.15, 0.2) is 5.78 Å². The SMILES string of the molecule is C=C(/C=C\C(C#N)=C/C)[C@@H]1C2=C(CCCC2=O)N(c2cccc(C(F)(F)F)c2)C(=O)N1CC(=O)N1Cc2cnn(C)c2C1. The lowest BCUT2D eigenvalue weighted by molar-refractivity contribution is -0.137. The molecule has 0 saturated carbocycles. The van der Waals surface area contributed by atoms with Gasteiger partial charge >= 0.3 is 12.2 Å². The molecule has 3 aliphatic rings. The number of carbonyl (C=O) groups is 3. The smallest absolute Gasteiger partial charge is 0.331 e. The highest BCUT2D eigenvalue weighted by Gasteiger charge is 2.46. The summed E-state index contributed by atoms with van der Waals surface area (Å²) in [5.41, 5.74) is 1.83. The van der Waals surface area contributed by atoms with Crippen LogP contribution in [0.5, 0.6) is 0 Å². The van der Waals surface area contributed by atoms with E-state index in [4.69, 9.17) is 0 Å². The number of urea groups is 1. The van der Waals surface area contributed by atoms with E-state index >= 15 is 0 Å². The Morgan fingerprint density at radius 2 is 1.98 bits per heavy atom. The van der Waals surface area contributed by atoms with Gasteiger partial charge < -0.3 is 9.80 Å². The van der Waals surface area contributed by atoms with E-state index in [0.29, 0.717) is 12.0 Å². The molecular weight excluding hydrogens is 561 g/mol. The number of aryl methyl sites for hydroxylation is 1. The Labute approximate surface area is 246 Å². The third kappa shape index (κ3) is 5.50. The van der Waals surface area contributed by atoms with Crippen molar-refractivity contribution in [2.75, 3.05) is 11.4 Å². The zero-order valence-corrected chi connectivity index (χ0v) is 23.7. The Hall–Kier alpha value is -4.92. The van der Waals surface area contributed by atoms with Crippen LogP contribution in [-0.4, -0.2) is 49.9 Å². The number of Topliss-reactive ketones (excluding diaryl/α,β-unsaturated/α-hetero) is 1. The van der Waals surface area contributed by atoms with Crippen molar-refractivity contribution in [2.24, 2.45) is 7.05 Å². The van der Waals surface area contributed by atoms with Crippen molar-refractivity contribution in [3.8, 4) is 6.07 Å². The third-order valence-electron chi connectivity index (χ3n) is 7.93. The summed E-state index contributed by atoms with van der Waals surface area (Å²) in [7, 11) is 1.77. The van der Waals surface area contributed by atoms with E-state index in [-0.39, 0.29) is 54.2 Å². The number of halogens is 3. The number of alkyl halides is 3. The standard InChI is InChI=1S/C31H29F3N6O3/c1-4-20(14-35)12-11-19(2)29-28-24(9-6-10-26(28)41)40(23-8-5-7-22(13-23)31(32,33)34)30(43)39(29)18-27(42)38-16-21-15-36-37(3)25(21)17-38/h4-5,7-8,11-13,15,29H,2,6,9-10,16-18H2,1,3H3/b12-11-,20-4+/t29-/m1/s1. The maximum atomic E-state index is 14.3. The number of fused-ring (bicyclic) bond motifs is 1. The van der Waals surface area contributed by atoms with Gasteiger partial charge in [-0.05, 0) is 49.6 Å². The van der Waals surface area contributed by atoms with Gasteiger partial charge in [0, 0.05) is 42.4 Å². The topological polar surface area (TPSA) is 103 Å². The number of rotatable bonds is 6. The van der Waals surface area contributed by atoms with E-state index in [1.54, 1.807) is 35.8 Å². The second-order valence-electron chi connectivity index (χ2n) is 10.6. The van der Waals surface area contributed by atoms with E-state index in [1.165, 1.54) is 29.2 Å². The third-order valence-corrected chi connectivity index (χ3v) is 7.93. The number of nitrogens with zero attached hydrogens (tertiary/aromatic N) is 6. The van der Waals surface area contributed by atoms with Gasteiger partial charge in [0.2, 0.25) is 5.91 Å². The summed E-state index contributed by atoms with van der Waals surface area (Å²) in [4.78, 5) is 45.3. The van der Waals surface area contributed by atoms with E-state index in [1.807, 2.05) is 6.07 Å². The Kier molecular flexibility index (Phi) is 7.84. The second kappa shape index (κ2) is 11.4. The van der Waals surface area contributed by atoms with Crippen LogP contribution in [0.1, 0.15) is 43.0 Å². The Balaban J connectivity index is 1.60. The van der Waals surface area contributed by atoms with Gasteiger partial charge in [0.25, 0.3) is 0 Å². The van der Waals surface area contributed by atoms with Crippen molar-refractivity contribution >= 4 is 23.4 Å². The molecule has 0 N–H and O–H groups in total. The average Bonchev–Trinajstić information content (AvgIpc) is 3.56. The lowest BCUT2D eigenvalue weighted by atomic mass is 9.83. The molecule has 5 rings (SSSR count). The molecule has 2 aromatic rings. The zero-order chi connectivity index (χ0) is 31.1. The summed E-state index contributed by atoms with van der Waals surface area (Å²) in [6.45, 7) is 5.89. The molecule has 0 unspecified atom stereocenters. The van der Waals surface area contributed by atoms with Crippen LogP contribution in [0.15, 0.2) is 77.7 Å². The molecule has 0 spiro atoms. The largest absolute Gasteiger partial charge is 0.416 e. The summed E-state index contributed by atoms with van der Waals surface area (Å²) in [6.07, 6.45) is 2.48. The number of anilines is 1. The molecule has 3 amide bonds. The number of aromatic nitrogens is 2. The van der Waals surface area contributed by atoms with Crippen molar-refractivity contribution in [3.63, 3.8) is 0 Å². The Morgan fingerprint density at radius 1 is 1.21 bits per heavy atom. The number of nitriles is 1. The first-order valence-corrected chi connectivity index (χ1v) is 13.7. The monoisotopic (exact) mass is 590 g/mol. The molecule has 1 atom stereocenters. The van der Waals surface area contributed by atoms with Crippen LogP contribution in [0.3, 0.4) is 0 Å². The predicted octanol–water partition coefficient (Wildman–Crippen LogP) is 5.18. The Bertz CT molecular complexity index is 1660. The molecule has 1 aromatic carbocycles. The van der Waals surface area contributed by atoms with Gasteiger partial charge in [-0.25, -0.2) is 4.79 Å². The molecule has 9 nitrogen and oxygen atoms in total. The highest BCUT2D eigenvalue weighted by molar-refractivity contribution is 6.08. The van der Waals surface area contributed by atoms with Crippen LogP contribution >= 0.6 is 0 Å². The first-order chi connectivity index (χ1) is 20.4. The van der Waals surface area contributed by atoms with Crippen molar-refractivity contribution in [1.29, 1.82) is 5.26 Å². The summed E-state index contributed by atoms with van der Waals surface area (Å²) in [5.74, 6) is -0.692. The van der Waals surface area contributed by atoms with Crippen LogP contribution in [0, 0.1) is 11.3 Å². The van der Waals surface area contributed by atoms with Gasteiger partial charge in [0.05, 0.1) is 41.8 Å². The zero-order valence-electron chi connectivity index (χ0n) is 23.7. The van der Waals surface area contributed by atoms with Gasteiger partial charge in [0.1, 0.15) is 6.54 Å². The van der Waals surface area contributed by atoms with Gasteiger partial charge in [-0.2, -0.15) is 23.5 Å². The van der Waals surface area contributed by atoms with Crippen molar-refractivity contribution in [1.82, 2.24) is 19.6 Å². The van der Waals surface area contributed by atoms with Crippen LogP contribution in [-0.2, 0) is 35.9 Å². The quantitative estimate of drug-likeness (QED) is 0.341. The second-order valence-corrected chi connectivity index (χ2v) is 10.6. The first-order valence-electron chi connectivity index (χ1n) is 13.7. The lowest BCUT2D eigenvalue weighted by Crippen LogP contribution is -2.58. The van der Waals surface area contributed by atoms with Crippen LogP contribution in [0.2, 0.25) is 0 Å². The number of hydrogen-bond acceptors (Lipinski definition) is 5. The van der Waals surface area contributed by atoms with Crippen molar-refractivity contribution < 1.29 is 27.6 Å². The minimum atomic E-state index is -4.66. The molecular formula is C31H29F3N6O3. The number of ketones is 1. The van der Waals surface area contributed by atoms with Gasteiger partial charge in [-0.15, -0.1) is 0 Å². The minimum absolute atomic E-state index is 0.0561. The minimum Gasteiger partial charge on any atom is -0.331 e. The van der Waals surface area contributed by atoms with Crippen molar-refractivity contribution in [2.45, 2.75) is 51.5 Å². The molecule has 3 heterocycles. The molecule has 0 bridgehead atoms. The number of benzene rings is 1. The summed E-state index contributed by atoms with van der Waals surface area (Å²) in [6, 6.07) is 4.58. The van der Waals surface area contributed by atoms with Gasteiger partial charge in [-0.1, -0.05) is 24.8 Å². The molecule has 0 fully saturated rings. The van der Waals surface area contributed by atoms with Crippen LogP contribution in [0.4, 0.5) is 23.7 Å². The number of hydrogen-bond donors (Lipinski definition) is 0. The van der Waals surface area contributed by atoms with E-state index in [2.05, 4.69) is 11.7 Å². The normalized spacial score (nSPS) is 19.2. The Morgan fingerprint density at radius 3 is 2.65 bits per heavy atom. The predicted molar refractivity (Wildman–Crippen MR) is 151 cm³/mol. The first kappa shape index (κ1) is 29.6. The molecule has 43 heavy (non-hydrogen) atoms. The highest BCUT2D eigenvalue weighted by atomic mass is 19.4. The molecule has 1 aromatic heterocycles. The van der Waals surface area contributed by atoms with E-state index < -0.39 is 36.3 Å². The average molecular weight is 591 g/mol. The number of allylic oxidation sites excluding steroid dienone is 4. The van der Waals surface area contributed by atoms with Crippen LogP contribution in [0.25, 0.3) is 0 Å². The molecule has 0 saturated heterocycles. The fraction of sp³-hybridized carbons (Fsp3) is 0.323. The van der Waals surface area contributed by atoms with Crippen molar-refractivity contribution in [3.05, 3.63) is 94.5 Å². The van der Waals surface area contributed by atoms with Crippen LogP contribution < -0.4 is 4.90 Å². The molecule has 2 aliphatic heterocycles. The highest BCUT2D eigenvalue weighted by Crippen LogP contribution is 2.41. The number of carbonyl (C=O) groups excluding carboxylic acids is 3. The molecule has 1 aliphatic carbocycles. The van der Waals surface area contributed by atoms with E-state index in [9.17, 15) is 32.8 Å². The number of amides is 3. The summed E-state index contributed by atoms with van der Waals surface area (Å²) in [5, 5.41) is 13.6. The maximum Gasteiger partial charge on any atom is 0.416 e.